The van der Waals surface area contributed by atoms with E-state index >= 15 is 0 Å². The Morgan fingerprint density at radius 1 is 1.30 bits per heavy atom. The number of hydrazone groups is 1. The second kappa shape index (κ2) is 7.04. The number of carboxylic acid groups (broad SMARTS) is 1. The van der Waals surface area contributed by atoms with E-state index in [-0.39, 0.29) is 31.0 Å². The van der Waals surface area contributed by atoms with Crippen molar-refractivity contribution in [2.24, 2.45) is 5.10 Å². The van der Waals surface area contributed by atoms with Crippen molar-refractivity contribution in [1.82, 2.24) is 9.91 Å². The van der Waals surface area contributed by atoms with Crippen LogP contribution in [0, 0.1) is 0 Å². The normalized spacial score (nSPS) is 15.8. The first-order chi connectivity index (χ1) is 10.9. The molecule has 0 aromatic heterocycles. The zero-order valence-corrected chi connectivity index (χ0v) is 13.1. The molecule has 1 aliphatic rings. The van der Waals surface area contributed by atoms with Crippen molar-refractivity contribution in [2.75, 3.05) is 7.05 Å². The molecule has 1 aromatic rings. The Morgan fingerprint density at radius 3 is 2.52 bits per heavy atom. The fourth-order valence-corrected chi connectivity index (χ4v) is 2.29. The van der Waals surface area contributed by atoms with Crippen LogP contribution in [-0.2, 0) is 20.9 Å². The van der Waals surface area contributed by atoms with Gasteiger partial charge in [-0.15, -0.1) is 0 Å². The molecular formula is C16H19N3O4. The van der Waals surface area contributed by atoms with Crippen LogP contribution >= 0.6 is 0 Å². The van der Waals surface area contributed by atoms with E-state index in [0.717, 1.165) is 10.6 Å². The standard InChI is InChI=1S/C16H19N3O4/c1-11(16(22)23)19(10-12-6-4-3-5-7-12)15(21)13-8-9-14(20)18(2)17-13/h3-7,11H,8-10H2,1-2H3,(H,22,23). The SMILES string of the molecule is CC(C(=O)O)N(Cc1ccccc1)C(=O)C1=NN(C)C(=O)CC1. The van der Waals surface area contributed by atoms with Crippen molar-refractivity contribution in [3.8, 4) is 0 Å². The summed E-state index contributed by atoms with van der Waals surface area (Å²) in [6.07, 6.45) is 0.418. The number of hydrogen-bond donors (Lipinski definition) is 1. The largest absolute Gasteiger partial charge is 0.480 e. The van der Waals surface area contributed by atoms with Gasteiger partial charge in [-0.3, -0.25) is 9.59 Å². The fourth-order valence-electron chi connectivity index (χ4n) is 2.29. The maximum absolute atomic E-state index is 12.7. The van der Waals surface area contributed by atoms with Crippen LogP contribution in [-0.4, -0.2) is 51.6 Å². The Kier molecular flexibility index (Phi) is 5.10. The molecule has 7 nitrogen and oxygen atoms in total. The van der Waals surface area contributed by atoms with Gasteiger partial charge < -0.3 is 10.0 Å². The summed E-state index contributed by atoms with van der Waals surface area (Å²) in [5.74, 6) is -1.71. The summed E-state index contributed by atoms with van der Waals surface area (Å²) in [6, 6.07) is 8.16. The van der Waals surface area contributed by atoms with E-state index in [4.69, 9.17) is 0 Å². The van der Waals surface area contributed by atoms with E-state index in [1.807, 2.05) is 30.3 Å². The summed E-state index contributed by atoms with van der Waals surface area (Å²) >= 11 is 0. The average Bonchev–Trinajstić information content (AvgIpc) is 2.54. The molecular weight excluding hydrogens is 298 g/mol. The zero-order valence-electron chi connectivity index (χ0n) is 13.1. The van der Waals surface area contributed by atoms with E-state index in [1.165, 1.54) is 18.9 Å². The molecule has 2 amide bonds. The first-order valence-corrected chi connectivity index (χ1v) is 7.32. The lowest BCUT2D eigenvalue weighted by molar-refractivity contribution is -0.147. The van der Waals surface area contributed by atoms with E-state index in [2.05, 4.69) is 5.10 Å². The highest BCUT2D eigenvalue weighted by Crippen LogP contribution is 2.14. The summed E-state index contributed by atoms with van der Waals surface area (Å²) < 4.78 is 0. The van der Waals surface area contributed by atoms with Gasteiger partial charge in [0, 0.05) is 26.4 Å². The van der Waals surface area contributed by atoms with E-state index in [1.54, 1.807) is 0 Å². The predicted molar refractivity (Wildman–Crippen MR) is 83.5 cm³/mol. The molecule has 1 atom stereocenters. The molecule has 23 heavy (non-hydrogen) atoms. The minimum atomic E-state index is -1.09. The van der Waals surface area contributed by atoms with Crippen LogP contribution in [0.15, 0.2) is 35.4 Å². The number of hydrogen-bond acceptors (Lipinski definition) is 4. The van der Waals surface area contributed by atoms with E-state index in [0.29, 0.717) is 0 Å². The van der Waals surface area contributed by atoms with Gasteiger partial charge in [0.15, 0.2) is 0 Å². The minimum absolute atomic E-state index is 0.164. The lowest BCUT2D eigenvalue weighted by atomic mass is 10.1. The lowest BCUT2D eigenvalue weighted by Gasteiger charge is -2.29. The van der Waals surface area contributed by atoms with Crippen LogP contribution in [0.3, 0.4) is 0 Å². The molecule has 0 aliphatic carbocycles. The lowest BCUT2D eigenvalue weighted by Crippen LogP contribution is -2.47. The van der Waals surface area contributed by atoms with Crippen molar-refractivity contribution >= 4 is 23.5 Å². The zero-order chi connectivity index (χ0) is 17.0. The van der Waals surface area contributed by atoms with Gasteiger partial charge in [0.25, 0.3) is 5.91 Å². The summed E-state index contributed by atoms with van der Waals surface area (Å²) in [7, 11) is 1.48. The van der Waals surface area contributed by atoms with E-state index in [9.17, 15) is 19.5 Å². The first-order valence-electron chi connectivity index (χ1n) is 7.32. The molecule has 1 heterocycles. The predicted octanol–water partition coefficient (Wildman–Crippen LogP) is 1.10. The van der Waals surface area contributed by atoms with Crippen molar-refractivity contribution in [1.29, 1.82) is 0 Å². The van der Waals surface area contributed by atoms with Gasteiger partial charge in [-0.25, -0.2) is 9.80 Å². The highest BCUT2D eigenvalue weighted by atomic mass is 16.4. The van der Waals surface area contributed by atoms with Crippen molar-refractivity contribution in [3.05, 3.63) is 35.9 Å². The Balaban J connectivity index is 2.26. The molecule has 0 saturated heterocycles. The number of amides is 2. The Bertz CT molecular complexity index is 642. The topological polar surface area (TPSA) is 90.3 Å². The molecule has 122 valence electrons. The van der Waals surface area contributed by atoms with Gasteiger partial charge in [0.2, 0.25) is 5.91 Å². The van der Waals surface area contributed by atoms with Crippen LogP contribution in [0.25, 0.3) is 0 Å². The van der Waals surface area contributed by atoms with Crippen LogP contribution in [0.2, 0.25) is 0 Å². The molecule has 0 radical (unpaired) electrons. The van der Waals surface area contributed by atoms with Gasteiger partial charge in [0.05, 0.1) is 0 Å². The third-order valence-corrected chi connectivity index (χ3v) is 3.74. The molecule has 1 aromatic carbocycles. The Labute approximate surface area is 134 Å². The molecule has 1 unspecified atom stereocenters. The molecule has 0 bridgehead atoms. The quantitative estimate of drug-likeness (QED) is 0.880. The van der Waals surface area contributed by atoms with Gasteiger partial charge in [-0.05, 0) is 12.5 Å². The number of aliphatic carboxylic acids is 1. The van der Waals surface area contributed by atoms with Gasteiger partial charge in [-0.1, -0.05) is 30.3 Å². The Morgan fingerprint density at radius 2 is 1.96 bits per heavy atom. The second-order valence-corrected chi connectivity index (χ2v) is 5.40. The van der Waals surface area contributed by atoms with Crippen molar-refractivity contribution < 1.29 is 19.5 Å². The number of carbonyl (C=O) groups is 3. The number of benzene rings is 1. The third-order valence-electron chi connectivity index (χ3n) is 3.74. The first kappa shape index (κ1) is 16.7. The monoisotopic (exact) mass is 317 g/mol. The third kappa shape index (κ3) is 3.94. The number of carboxylic acids is 1. The molecule has 1 N–H and O–H groups in total. The maximum Gasteiger partial charge on any atom is 0.326 e. The molecule has 0 spiro atoms. The van der Waals surface area contributed by atoms with Crippen LogP contribution < -0.4 is 0 Å². The van der Waals surface area contributed by atoms with Gasteiger partial charge in [0.1, 0.15) is 11.8 Å². The van der Waals surface area contributed by atoms with Crippen LogP contribution in [0.1, 0.15) is 25.3 Å². The Hall–Kier alpha value is -2.70. The van der Waals surface area contributed by atoms with Crippen LogP contribution in [0.5, 0.6) is 0 Å². The molecule has 1 aliphatic heterocycles. The molecule has 7 heteroatoms. The van der Waals surface area contributed by atoms with Gasteiger partial charge >= 0.3 is 5.97 Å². The summed E-state index contributed by atoms with van der Waals surface area (Å²) in [4.78, 5) is 36.8. The summed E-state index contributed by atoms with van der Waals surface area (Å²) in [6.45, 7) is 1.63. The summed E-state index contributed by atoms with van der Waals surface area (Å²) in [5.41, 5.74) is 1.03. The van der Waals surface area contributed by atoms with Gasteiger partial charge in [-0.2, -0.15) is 5.10 Å². The molecule has 0 fully saturated rings. The smallest absolute Gasteiger partial charge is 0.326 e. The summed E-state index contributed by atoms with van der Waals surface area (Å²) in [5, 5.41) is 14.4. The minimum Gasteiger partial charge on any atom is -0.480 e. The number of rotatable bonds is 5. The average molecular weight is 317 g/mol. The van der Waals surface area contributed by atoms with E-state index < -0.39 is 17.9 Å². The van der Waals surface area contributed by atoms with Crippen molar-refractivity contribution in [3.63, 3.8) is 0 Å². The molecule has 0 saturated carbocycles. The second-order valence-electron chi connectivity index (χ2n) is 5.40. The fraction of sp³-hybridized carbons (Fsp3) is 0.375. The maximum atomic E-state index is 12.7. The van der Waals surface area contributed by atoms with Crippen LogP contribution in [0.4, 0.5) is 0 Å². The van der Waals surface area contributed by atoms with Crippen molar-refractivity contribution in [2.45, 2.75) is 32.4 Å². The number of carbonyl (C=O) groups excluding carboxylic acids is 2. The molecule has 2 rings (SSSR count). The number of nitrogens with zero attached hydrogens (tertiary/aromatic N) is 3. The highest BCUT2D eigenvalue weighted by molar-refractivity contribution is 6.39. The highest BCUT2D eigenvalue weighted by Gasteiger charge is 2.31.